The summed E-state index contributed by atoms with van der Waals surface area (Å²) in [6, 6.07) is 3.73. The highest BCUT2D eigenvalue weighted by molar-refractivity contribution is 5.77. The van der Waals surface area contributed by atoms with Crippen LogP contribution in [-0.2, 0) is 4.79 Å². The van der Waals surface area contributed by atoms with Crippen molar-refractivity contribution in [2.45, 2.75) is 39.2 Å². The van der Waals surface area contributed by atoms with Gasteiger partial charge in [0.25, 0.3) is 0 Å². The molecular formula is C15H23N3O2. The first-order valence-electron chi connectivity index (χ1n) is 7.30. The Morgan fingerprint density at radius 3 is 2.90 bits per heavy atom. The number of hydrogen-bond donors (Lipinski definition) is 1. The summed E-state index contributed by atoms with van der Waals surface area (Å²) in [5.41, 5.74) is 0. The number of carbonyl (C=O) groups excluding carboxylic acids is 1. The van der Waals surface area contributed by atoms with Crippen molar-refractivity contribution in [1.82, 2.24) is 9.88 Å². The van der Waals surface area contributed by atoms with E-state index in [1.165, 1.54) is 0 Å². The molecule has 0 bridgehead atoms. The summed E-state index contributed by atoms with van der Waals surface area (Å²) in [6.07, 6.45) is 4.58. The summed E-state index contributed by atoms with van der Waals surface area (Å²) in [6.45, 7) is 6.36. The van der Waals surface area contributed by atoms with Crippen molar-refractivity contribution < 1.29 is 9.53 Å². The van der Waals surface area contributed by atoms with E-state index in [1.54, 1.807) is 6.20 Å². The second kappa shape index (κ2) is 7.12. The molecule has 110 valence electrons. The van der Waals surface area contributed by atoms with Crippen molar-refractivity contribution in [3.63, 3.8) is 0 Å². The maximum atomic E-state index is 11.9. The Bertz CT molecular complexity index is 442. The van der Waals surface area contributed by atoms with Gasteiger partial charge >= 0.3 is 0 Å². The van der Waals surface area contributed by atoms with Gasteiger partial charge in [-0.2, -0.15) is 0 Å². The van der Waals surface area contributed by atoms with Crippen LogP contribution in [0.1, 0.15) is 33.1 Å². The van der Waals surface area contributed by atoms with Crippen LogP contribution < -0.4 is 10.1 Å². The molecule has 0 aliphatic carbocycles. The summed E-state index contributed by atoms with van der Waals surface area (Å²) in [7, 11) is 0. The van der Waals surface area contributed by atoms with Gasteiger partial charge in [0.1, 0.15) is 0 Å². The topological polar surface area (TPSA) is 54.5 Å². The van der Waals surface area contributed by atoms with Crippen LogP contribution in [0.4, 0.5) is 5.82 Å². The number of ether oxygens (including phenoxy) is 1. The molecule has 0 spiro atoms. The molecule has 1 amide bonds. The molecule has 2 rings (SSSR count). The molecule has 1 saturated heterocycles. The predicted molar refractivity (Wildman–Crippen MR) is 78.9 cm³/mol. The molecule has 0 aromatic carbocycles. The Balaban J connectivity index is 1.82. The molecule has 5 heteroatoms. The van der Waals surface area contributed by atoms with Crippen LogP contribution in [0.2, 0.25) is 0 Å². The third-order valence-corrected chi connectivity index (χ3v) is 3.22. The second-order valence-corrected chi connectivity index (χ2v) is 5.28. The van der Waals surface area contributed by atoms with Gasteiger partial charge in [0.15, 0.2) is 11.6 Å². The molecule has 5 nitrogen and oxygen atoms in total. The van der Waals surface area contributed by atoms with E-state index < -0.39 is 0 Å². The van der Waals surface area contributed by atoms with E-state index >= 15 is 0 Å². The molecule has 0 saturated carbocycles. The van der Waals surface area contributed by atoms with Crippen LogP contribution in [0.25, 0.3) is 0 Å². The summed E-state index contributed by atoms with van der Waals surface area (Å²) >= 11 is 0. The third kappa shape index (κ3) is 4.11. The second-order valence-electron chi connectivity index (χ2n) is 5.28. The van der Waals surface area contributed by atoms with Gasteiger partial charge in [-0.1, -0.05) is 0 Å². The van der Waals surface area contributed by atoms with Crippen LogP contribution in [0.15, 0.2) is 18.3 Å². The van der Waals surface area contributed by atoms with Gasteiger partial charge in [-0.25, -0.2) is 4.98 Å². The molecular weight excluding hydrogens is 254 g/mol. The highest BCUT2D eigenvalue weighted by Gasteiger charge is 2.17. The Kier molecular flexibility index (Phi) is 5.21. The van der Waals surface area contributed by atoms with Gasteiger partial charge in [-0.15, -0.1) is 0 Å². The lowest BCUT2D eigenvalue weighted by atomic mass is 10.3. The van der Waals surface area contributed by atoms with Crippen molar-refractivity contribution in [1.29, 1.82) is 0 Å². The van der Waals surface area contributed by atoms with Crippen molar-refractivity contribution >= 4 is 11.7 Å². The summed E-state index contributed by atoms with van der Waals surface area (Å²) in [5.74, 6) is 1.66. The molecule has 0 unspecified atom stereocenters. The Hall–Kier alpha value is -1.78. The largest absolute Gasteiger partial charge is 0.487 e. The van der Waals surface area contributed by atoms with Crippen molar-refractivity contribution in [2.24, 2.45) is 0 Å². The van der Waals surface area contributed by atoms with Gasteiger partial charge in [0.2, 0.25) is 5.91 Å². The molecule has 0 radical (unpaired) electrons. The number of amides is 1. The van der Waals surface area contributed by atoms with Crippen molar-refractivity contribution in [3.05, 3.63) is 18.3 Å². The number of nitrogens with one attached hydrogen (secondary N) is 1. The van der Waals surface area contributed by atoms with E-state index in [9.17, 15) is 4.79 Å². The van der Waals surface area contributed by atoms with E-state index in [-0.39, 0.29) is 12.0 Å². The zero-order chi connectivity index (χ0) is 14.4. The fourth-order valence-electron chi connectivity index (χ4n) is 2.28. The zero-order valence-corrected chi connectivity index (χ0v) is 12.3. The van der Waals surface area contributed by atoms with Gasteiger partial charge in [0, 0.05) is 32.3 Å². The van der Waals surface area contributed by atoms with Gasteiger partial charge < -0.3 is 15.0 Å². The number of hydrogen-bond acceptors (Lipinski definition) is 4. The maximum Gasteiger partial charge on any atom is 0.224 e. The Labute approximate surface area is 120 Å². The van der Waals surface area contributed by atoms with Crippen LogP contribution in [0, 0.1) is 0 Å². The average molecular weight is 277 g/mol. The lowest BCUT2D eigenvalue weighted by molar-refractivity contribution is -0.129. The van der Waals surface area contributed by atoms with Crippen molar-refractivity contribution in [2.75, 3.05) is 25.0 Å². The van der Waals surface area contributed by atoms with Crippen LogP contribution >= 0.6 is 0 Å². The molecule has 1 aliphatic heterocycles. The van der Waals surface area contributed by atoms with Gasteiger partial charge in [0.05, 0.1) is 6.10 Å². The Morgan fingerprint density at radius 1 is 1.45 bits per heavy atom. The van der Waals surface area contributed by atoms with E-state index in [0.717, 1.165) is 31.7 Å². The predicted octanol–water partition coefficient (Wildman–Crippen LogP) is 2.29. The van der Waals surface area contributed by atoms with Gasteiger partial charge in [-0.05, 0) is 38.8 Å². The normalized spacial score (nSPS) is 14.7. The average Bonchev–Trinajstić information content (AvgIpc) is 2.94. The summed E-state index contributed by atoms with van der Waals surface area (Å²) < 4.78 is 5.68. The molecule has 1 aliphatic rings. The smallest absolute Gasteiger partial charge is 0.224 e. The standard InChI is InChI=1S/C15H23N3O2/c1-12(2)20-13-6-5-8-16-15(13)17-9-7-14(19)18-10-3-4-11-18/h5-6,8,12H,3-4,7,9-11H2,1-2H3,(H,16,17). The number of likely N-dealkylation sites (tertiary alicyclic amines) is 1. The summed E-state index contributed by atoms with van der Waals surface area (Å²) in [5, 5.41) is 3.19. The molecule has 20 heavy (non-hydrogen) atoms. The number of carbonyl (C=O) groups is 1. The molecule has 1 aromatic rings. The molecule has 1 aromatic heterocycles. The van der Waals surface area contributed by atoms with E-state index in [2.05, 4.69) is 10.3 Å². The highest BCUT2D eigenvalue weighted by atomic mass is 16.5. The third-order valence-electron chi connectivity index (χ3n) is 3.22. The lowest BCUT2D eigenvalue weighted by Gasteiger charge is -2.17. The van der Waals surface area contributed by atoms with Crippen LogP contribution in [0.3, 0.4) is 0 Å². The minimum atomic E-state index is 0.103. The zero-order valence-electron chi connectivity index (χ0n) is 12.3. The lowest BCUT2D eigenvalue weighted by Crippen LogP contribution is -2.29. The molecule has 1 fully saturated rings. The van der Waals surface area contributed by atoms with Crippen LogP contribution in [0.5, 0.6) is 5.75 Å². The first-order chi connectivity index (χ1) is 9.66. The number of rotatable bonds is 6. The molecule has 2 heterocycles. The first-order valence-corrected chi connectivity index (χ1v) is 7.30. The number of aromatic nitrogens is 1. The van der Waals surface area contributed by atoms with Crippen molar-refractivity contribution in [3.8, 4) is 5.75 Å². The molecule has 1 N–H and O–H groups in total. The Morgan fingerprint density at radius 2 is 2.20 bits per heavy atom. The monoisotopic (exact) mass is 277 g/mol. The quantitative estimate of drug-likeness (QED) is 0.867. The number of nitrogens with zero attached hydrogens (tertiary/aromatic N) is 2. The van der Waals surface area contributed by atoms with E-state index in [4.69, 9.17) is 4.74 Å². The number of anilines is 1. The SMILES string of the molecule is CC(C)Oc1cccnc1NCCC(=O)N1CCCC1. The maximum absolute atomic E-state index is 11.9. The van der Waals surface area contributed by atoms with E-state index in [1.807, 2.05) is 30.9 Å². The fourth-order valence-corrected chi connectivity index (χ4v) is 2.28. The van der Waals surface area contributed by atoms with Crippen LogP contribution in [-0.4, -0.2) is 41.5 Å². The van der Waals surface area contributed by atoms with E-state index in [0.29, 0.717) is 18.8 Å². The highest BCUT2D eigenvalue weighted by Crippen LogP contribution is 2.22. The minimum Gasteiger partial charge on any atom is -0.487 e. The summed E-state index contributed by atoms with van der Waals surface area (Å²) in [4.78, 5) is 18.1. The molecule has 0 atom stereocenters. The first kappa shape index (κ1) is 14.6. The fraction of sp³-hybridized carbons (Fsp3) is 0.600. The number of pyridine rings is 1. The van der Waals surface area contributed by atoms with Gasteiger partial charge in [-0.3, -0.25) is 4.79 Å². The minimum absolute atomic E-state index is 0.103.